The molecule has 0 saturated heterocycles. The fourth-order valence-electron chi connectivity index (χ4n) is 4.29. The van der Waals surface area contributed by atoms with Gasteiger partial charge in [0, 0.05) is 10.8 Å². The van der Waals surface area contributed by atoms with E-state index < -0.39 is 0 Å². The molecule has 1 heteroatoms. The lowest BCUT2D eigenvalue weighted by atomic mass is 9.96. The minimum absolute atomic E-state index is 0.946. The summed E-state index contributed by atoms with van der Waals surface area (Å²) >= 11 is 0. The zero-order valence-corrected chi connectivity index (χ0v) is 15.6. The van der Waals surface area contributed by atoms with Crippen LogP contribution >= 0.6 is 0 Å². The second kappa shape index (κ2) is 5.71. The van der Waals surface area contributed by atoms with Gasteiger partial charge >= 0.3 is 0 Å². The first-order valence-electron chi connectivity index (χ1n) is 9.62. The Kier molecular flexibility index (Phi) is 3.15. The van der Waals surface area contributed by atoms with Gasteiger partial charge in [0.1, 0.15) is 11.2 Å². The Morgan fingerprint density at radius 2 is 1.18 bits per heavy atom. The first kappa shape index (κ1) is 15.5. The van der Waals surface area contributed by atoms with E-state index in [0.717, 1.165) is 11.2 Å². The molecule has 6 aromatic rings. The SMILES string of the molecule is Cc1ccc(-c2ccc3c(ccc4oc5ccc6ccccc6c5c43)c2)cc1. The summed E-state index contributed by atoms with van der Waals surface area (Å²) in [5.41, 5.74) is 5.66. The zero-order valence-electron chi connectivity index (χ0n) is 15.6. The van der Waals surface area contributed by atoms with Crippen molar-refractivity contribution in [1.29, 1.82) is 0 Å². The van der Waals surface area contributed by atoms with Gasteiger partial charge in [-0.15, -0.1) is 0 Å². The molecule has 0 amide bonds. The van der Waals surface area contributed by atoms with Crippen molar-refractivity contribution >= 4 is 43.5 Å². The van der Waals surface area contributed by atoms with E-state index in [0.29, 0.717) is 0 Å². The van der Waals surface area contributed by atoms with Crippen LogP contribution in [0.4, 0.5) is 0 Å². The Balaban J connectivity index is 1.70. The maximum absolute atomic E-state index is 6.20. The van der Waals surface area contributed by atoms with Crippen LogP contribution in [0, 0.1) is 6.92 Å². The van der Waals surface area contributed by atoms with Gasteiger partial charge < -0.3 is 4.42 Å². The molecule has 0 unspecified atom stereocenters. The van der Waals surface area contributed by atoms with Crippen molar-refractivity contribution in [2.45, 2.75) is 6.92 Å². The van der Waals surface area contributed by atoms with Crippen molar-refractivity contribution in [2.75, 3.05) is 0 Å². The second-order valence-corrected chi connectivity index (χ2v) is 7.50. The topological polar surface area (TPSA) is 13.1 Å². The minimum atomic E-state index is 0.946. The molecule has 6 rings (SSSR count). The van der Waals surface area contributed by atoms with Crippen LogP contribution in [0.3, 0.4) is 0 Å². The van der Waals surface area contributed by atoms with E-state index in [1.165, 1.54) is 49.0 Å². The molecule has 0 fully saturated rings. The summed E-state index contributed by atoms with van der Waals surface area (Å²) in [6.45, 7) is 2.12. The third kappa shape index (κ3) is 2.20. The molecule has 0 aliphatic carbocycles. The van der Waals surface area contributed by atoms with Crippen molar-refractivity contribution in [3.8, 4) is 11.1 Å². The largest absolute Gasteiger partial charge is 0.456 e. The summed E-state index contributed by atoms with van der Waals surface area (Å²) in [5, 5.41) is 7.38. The van der Waals surface area contributed by atoms with Gasteiger partial charge in [-0.25, -0.2) is 0 Å². The van der Waals surface area contributed by atoms with Crippen molar-refractivity contribution < 1.29 is 4.42 Å². The Labute approximate surface area is 162 Å². The molecule has 1 aromatic heterocycles. The van der Waals surface area contributed by atoms with Gasteiger partial charge in [0.15, 0.2) is 0 Å². The highest BCUT2D eigenvalue weighted by molar-refractivity contribution is 6.26. The van der Waals surface area contributed by atoms with Crippen molar-refractivity contribution in [2.24, 2.45) is 0 Å². The van der Waals surface area contributed by atoms with Crippen LogP contribution in [-0.4, -0.2) is 0 Å². The highest BCUT2D eigenvalue weighted by Gasteiger charge is 2.13. The molecular weight excluding hydrogens is 340 g/mol. The van der Waals surface area contributed by atoms with Gasteiger partial charge in [-0.05, 0) is 57.8 Å². The Bertz CT molecular complexity index is 1500. The molecule has 5 aromatic carbocycles. The fraction of sp³-hybridized carbons (Fsp3) is 0.0370. The summed E-state index contributed by atoms with van der Waals surface area (Å²) in [5.74, 6) is 0. The molecule has 1 nitrogen and oxygen atoms in total. The second-order valence-electron chi connectivity index (χ2n) is 7.50. The first-order valence-corrected chi connectivity index (χ1v) is 9.62. The molecule has 0 atom stereocenters. The van der Waals surface area contributed by atoms with Crippen LogP contribution < -0.4 is 0 Å². The standard InChI is InChI=1S/C27H18O/c1-17-6-8-18(9-7-17)20-10-13-23-21(16-20)12-15-25-27(23)26-22-5-3-2-4-19(22)11-14-24(26)28-25/h2-16H,1H3. The maximum Gasteiger partial charge on any atom is 0.136 e. The number of benzene rings is 5. The van der Waals surface area contributed by atoms with Gasteiger partial charge in [-0.2, -0.15) is 0 Å². The van der Waals surface area contributed by atoms with Gasteiger partial charge in [0.2, 0.25) is 0 Å². The van der Waals surface area contributed by atoms with Gasteiger partial charge in [0.05, 0.1) is 0 Å². The molecule has 132 valence electrons. The van der Waals surface area contributed by atoms with Crippen LogP contribution in [0.1, 0.15) is 5.56 Å². The van der Waals surface area contributed by atoms with Gasteiger partial charge in [-0.3, -0.25) is 0 Å². The molecule has 0 spiro atoms. The van der Waals surface area contributed by atoms with Crippen LogP contribution in [0.2, 0.25) is 0 Å². The lowest BCUT2D eigenvalue weighted by Crippen LogP contribution is -1.81. The smallest absolute Gasteiger partial charge is 0.136 e. The normalized spacial score (nSPS) is 11.8. The van der Waals surface area contributed by atoms with Crippen molar-refractivity contribution in [3.05, 3.63) is 96.6 Å². The number of hydrogen-bond donors (Lipinski definition) is 0. The van der Waals surface area contributed by atoms with E-state index in [1.807, 2.05) is 0 Å². The highest BCUT2D eigenvalue weighted by atomic mass is 16.3. The average Bonchev–Trinajstić information content (AvgIpc) is 3.13. The summed E-state index contributed by atoms with van der Waals surface area (Å²) < 4.78 is 6.20. The monoisotopic (exact) mass is 358 g/mol. The molecule has 0 bridgehead atoms. The fourth-order valence-corrected chi connectivity index (χ4v) is 4.29. The molecular formula is C27H18O. The molecule has 0 N–H and O–H groups in total. The summed E-state index contributed by atoms with van der Waals surface area (Å²) in [7, 11) is 0. The Hall–Kier alpha value is -3.58. The lowest BCUT2D eigenvalue weighted by molar-refractivity contribution is 0.669. The number of furan rings is 1. The molecule has 0 aliphatic heterocycles. The highest BCUT2D eigenvalue weighted by Crippen LogP contribution is 2.39. The van der Waals surface area contributed by atoms with E-state index in [4.69, 9.17) is 4.42 Å². The summed E-state index contributed by atoms with van der Waals surface area (Å²) in [4.78, 5) is 0. The van der Waals surface area contributed by atoms with E-state index in [9.17, 15) is 0 Å². The summed E-state index contributed by atoms with van der Waals surface area (Å²) in [6, 6.07) is 32.5. The van der Waals surface area contributed by atoms with E-state index >= 15 is 0 Å². The van der Waals surface area contributed by atoms with Crippen LogP contribution in [-0.2, 0) is 0 Å². The molecule has 1 heterocycles. The number of fused-ring (bicyclic) bond motifs is 7. The zero-order chi connectivity index (χ0) is 18.7. The van der Waals surface area contributed by atoms with Crippen LogP contribution in [0.25, 0.3) is 54.6 Å². The van der Waals surface area contributed by atoms with E-state index in [1.54, 1.807) is 0 Å². The molecule has 28 heavy (non-hydrogen) atoms. The predicted molar refractivity (Wildman–Crippen MR) is 119 cm³/mol. The lowest BCUT2D eigenvalue weighted by Gasteiger charge is -2.06. The van der Waals surface area contributed by atoms with E-state index in [2.05, 4.69) is 97.9 Å². The maximum atomic E-state index is 6.20. The summed E-state index contributed by atoms with van der Waals surface area (Å²) in [6.07, 6.45) is 0. The first-order chi connectivity index (χ1) is 13.8. The molecule has 0 aliphatic rings. The third-order valence-corrected chi connectivity index (χ3v) is 5.73. The number of aryl methyl sites for hydroxylation is 1. The Morgan fingerprint density at radius 1 is 0.536 bits per heavy atom. The third-order valence-electron chi connectivity index (χ3n) is 5.73. The number of hydrogen-bond acceptors (Lipinski definition) is 1. The van der Waals surface area contributed by atoms with Crippen molar-refractivity contribution in [1.82, 2.24) is 0 Å². The van der Waals surface area contributed by atoms with Crippen molar-refractivity contribution in [3.63, 3.8) is 0 Å². The molecule has 0 saturated carbocycles. The minimum Gasteiger partial charge on any atom is -0.456 e. The number of rotatable bonds is 1. The quantitative estimate of drug-likeness (QED) is 0.291. The van der Waals surface area contributed by atoms with Gasteiger partial charge in [-0.1, -0.05) is 78.4 Å². The van der Waals surface area contributed by atoms with Crippen LogP contribution in [0.15, 0.2) is 95.4 Å². The van der Waals surface area contributed by atoms with E-state index in [-0.39, 0.29) is 0 Å². The Morgan fingerprint density at radius 3 is 1.96 bits per heavy atom. The predicted octanol–water partition coefficient (Wildman–Crippen LogP) is 7.87. The van der Waals surface area contributed by atoms with Crippen LogP contribution in [0.5, 0.6) is 0 Å². The van der Waals surface area contributed by atoms with Gasteiger partial charge in [0.25, 0.3) is 0 Å². The molecule has 0 radical (unpaired) electrons. The average molecular weight is 358 g/mol.